The van der Waals surface area contributed by atoms with Gasteiger partial charge < -0.3 is 15.0 Å². The average Bonchev–Trinajstić information content (AvgIpc) is 3.20. The van der Waals surface area contributed by atoms with Crippen molar-refractivity contribution >= 4 is 40.2 Å². The van der Waals surface area contributed by atoms with Crippen molar-refractivity contribution < 1.29 is 23.9 Å². The zero-order valence-electron chi connectivity index (χ0n) is 14.1. The number of likely N-dealkylation sites (N-methyl/N-ethyl adjacent to an activating group) is 2. The first-order valence-electron chi connectivity index (χ1n) is 7.75. The third-order valence-corrected chi connectivity index (χ3v) is 4.52. The van der Waals surface area contributed by atoms with Gasteiger partial charge in [0.05, 0.1) is 18.7 Å². The number of rotatable bonds is 7. The average molecular weight is 368 g/mol. The lowest BCUT2D eigenvalue weighted by Gasteiger charge is -2.15. The number of aromatic nitrogens is 1. The van der Waals surface area contributed by atoms with E-state index in [1.54, 1.807) is 10.3 Å². The topological polar surface area (TPSA) is 109 Å². The van der Waals surface area contributed by atoms with E-state index in [1.165, 1.54) is 30.3 Å². The first-order valence-corrected chi connectivity index (χ1v) is 8.63. The highest BCUT2D eigenvalue weighted by Gasteiger charge is 2.24. The Balaban J connectivity index is 1.78. The highest BCUT2D eigenvalue weighted by molar-refractivity contribution is 7.14. The Kier molecular flexibility index (Phi) is 6.45. The number of nitrogens with zero attached hydrogens (tertiary/aromatic N) is 3. The summed E-state index contributed by atoms with van der Waals surface area (Å²) < 4.78 is 4.92. The van der Waals surface area contributed by atoms with E-state index in [0.717, 1.165) is 6.42 Å². The van der Waals surface area contributed by atoms with Crippen LogP contribution in [0.15, 0.2) is 5.38 Å². The predicted molar refractivity (Wildman–Crippen MR) is 90.1 cm³/mol. The normalized spacial score (nSPS) is 13.7. The quantitative estimate of drug-likeness (QED) is 0.654. The van der Waals surface area contributed by atoms with E-state index in [-0.39, 0.29) is 24.8 Å². The molecule has 0 spiro atoms. The Morgan fingerprint density at radius 3 is 2.84 bits per heavy atom. The van der Waals surface area contributed by atoms with Gasteiger partial charge in [0.15, 0.2) is 11.7 Å². The fourth-order valence-corrected chi connectivity index (χ4v) is 3.05. The third-order valence-electron chi connectivity index (χ3n) is 3.61. The molecule has 0 bridgehead atoms. The van der Waals surface area contributed by atoms with E-state index >= 15 is 0 Å². The molecule has 1 saturated heterocycles. The van der Waals surface area contributed by atoms with E-state index < -0.39 is 18.5 Å². The van der Waals surface area contributed by atoms with Gasteiger partial charge >= 0.3 is 5.97 Å². The van der Waals surface area contributed by atoms with Gasteiger partial charge in [-0.05, 0) is 6.42 Å². The van der Waals surface area contributed by atoms with Crippen molar-refractivity contribution in [3.63, 3.8) is 0 Å². The van der Waals surface area contributed by atoms with Gasteiger partial charge in [0, 0.05) is 32.4 Å². The maximum atomic E-state index is 11.8. The molecule has 0 radical (unpaired) electrons. The molecule has 2 heterocycles. The molecule has 1 aromatic heterocycles. The van der Waals surface area contributed by atoms with E-state index in [1.807, 2.05) is 0 Å². The van der Waals surface area contributed by atoms with Crippen molar-refractivity contribution in [3.05, 3.63) is 11.1 Å². The maximum absolute atomic E-state index is 11.8. The number of anilines is 1. The molecule has 2 rings (SSSR count). The highest BCUT2D eigenvalue weighted by atomic mass is 32.1. The Labute approximate surface area is 148 Å². The summed E-state index contributed by atoms with van der Waals surface area (Å²) in [5.74, 6) is -1.34. The van der Waals surface area contributed by atoms with Crippen molar-refractivity contribution in [3.8, 4) is 0 Å². The molecule has 136 valence electrons. The molecular weight excluding hydrogens is 348 g/mol. The second-order valence-electron chi connectivity index (χ2n) is 5.53. The molecule has 1 aliphatic rings. The van der Waals surface area contributed by atoms with Crippen LogP contribution >= 0.6 is 11.3 Å². The summed E-state index contributed by atoms with van der Waals surface area (Å²) in [6.07, 6.45) is 1.25. The number of hydrogen-bond donors (Lipinski definition) is 1. The van der Waals surface area contributed by atoms with Crippen molar-refractivity contribution in [2.45, 2.75) is 19.3 Å². The second-order valence-corrected chi connectivity index (χ2v) is 6.37. The number of carbonyl (C=O) groups is 4. The number of ether oxygens (including phenoxy) is 1. The van der Waals surface area contributed by atoms with Gasteiger partial charge in [-0.15, -0.1) is 11.3 Å². The van der Waals surface area contributed by atoms with E-state index in [0.29, 0.717) is 23.8 Å². The van der Waals surface area contributed by atoms with Crippen LogP contribution in [0.5, 0.6) is 0 Å². The van der Waals surface area contributed by atoms with Gasteiger partial charge in [0.1, 0.15) is 0 Å². The van der Waals surface area contributed by atoms with E-state index in [2.05, 4.69) is 10.3 Å². The molecule has 0 aliphatic carbocycles. The lowest BCUT2D eigenvalue weighted by Crippen LogP contribution is -2.39. The van der Waals surface area contributed by atoms with Crippen molar-refractivity contribution in [1.29, 1.82) is 0 Å². The molecular formula is C15H20N4O5S. The number of thiazole rings is 1. The second kappa shape index (κ2) is 8.56. The minimum absolute atomic E-state index is 0.0354. The van der Waals surface area contributed by atoms with Gasteiger partial charge in [-0.2, -0.15) is 0 Å². The SMILES string of the molecule is CNC(=O)CN(C)C(=O)COC(=O)Cc1csc(N2CCCC2=O)n1. The van der Waals surface area contributed by atoms with Gasteiger partial charge in [-0.1, -0.05) is 0 Å². The van der Waals surface area contributed by atoms with Crippen LogP contribution in [0.3, 0.4) is 0 Å². The molecule has 0 saturated carbocycles. The molecule has 0 unspecified atom stereocenters. The zero-order valence-corrected chi connectivity index (χ0v) is 14.9. The van der Waals surface area contributed by atoms with Crippen LogP contribution in [0, 0.1) is 0 Å². The molecule has 10 heteroatoms. The summed E-state index contributed by atoms with van der Waals surface area (Å²) in [5.41, 5.74) is 0.496. The van der Waals surface area contributed by atoms with Gasteiger partial charge in [-0.25, -0.2) is 4.98 Å². The summed E-state index contributed by atoms with van der Waals surface area (Å²) in [4.78, 5) is 53.5. The van der Waals surface area contributed by atoms with Gasteiger partial charge in [0.25, 0.3) is 5.91 Å². The number of amides is 3. The van der Waals surface area contributed by atoms with E-state index in [4.69, 9.17) is 4.74 Å². The van der Waals surface area contributed by atoms with Gasteiger partial charge in [-0.3, -0.25) is 24.1 Å². The molecule has 25 heavy (non-hydrogen) atoms. The lowest BCUT2D eigenvalue weighted by atomic mass is 10.3. The lowest BCUT2D eigenvalue weighted by molar-refractivity contribution is -0.151. The number of nitrogens with one attached hydrogen (secondary N) is 1. The highest BCUT2D eigenvalue weighted by Crippen LogP contribution is 2.25. The summed E-state index contributed by atoms with van der Waals surface area (Å²) in [5, 5.41) is 4.67. The van der Waals surface area contributed by atoms with Crippen LogP contribution in [-0.2, 0) is 30.3 Å². The third kappa shape index (κ3) is 5.24. The molecule has 1 N–H and O–H groups in total. The largest absolute Gasteiger partial charge is 0.455 e. The van der Waals surface area contributed by atoms with E-state index in [9.17, 15) is 19.2 Å². The molecule has 0 aromatic carbocycles. The minimum atomic E-state index is -0.591. The molecule has 1 fully saturated rings. The monoisotopic (exact) mass is 368 g/mol. The maximum Gasteiger partial charge on any atom is 0.312 e. The predicted octanol–water partition coefficient (Wildman–Crippen LogP) is -0.440. The zero-order chi connectivity index (χ0) is 18.4. The first kappa shape index (κ1) is 18.8. The van der Waals surface area contributed by atoms with Crippen LogP contribution in [0.1, 0.15) is 18.5 Å². The van der Waals surface area contributed by atoms with Crippen molar-refractivity contribution in [1.82, 2.24) is 15.2 Å². The summed E-state index contributed by atoms with van der Waals surface area (Å²) in [6, 6.07) is 0. The Morgan fingerprint density at radius 2 is 2.20 bits per heavy atom. The Morgan fingerprint density at radius 1 is 1.44 bits per heavy atom. The Hall–Kier alpha value is -2.49. The van der Waals surface area contributed by atoms with Crippen molar-refractivity contribution in [2.75, 3.05) is 38.7 Å². The summed E-state index contributed by atoms with van der Waals surface area (Å²) in [7, 11) is 2.92. The number of hydrogen-bond acceptors (Lipinski definition) is 7. The fraction of sp³-hybridized carbons (Fsp3) is 0.533. The molecule has 9 nitrogen and oxygen atoms in total. The smallest absolute Gasteiger partial charge is 0.312 e. The molecule has 1 aromatic rings. The first-order chi connectivity index (χ1) is 11.9. The van der Waals surface area contributed by atoms with Crippen LogP contribution in [-0.4, -0.2) is 67.4 Å². The number of carbonyl (C=O) groups excluding carboxylic acids is 4. The minimum Gasteiger partial charge on any atom is -0.455 e. The molecule has 1 aliphatic heterocycles. The van der Waals surface area contributed by atoms with Crippen molar-refractivity contribution in [2.24, 2.45) is 0 Å². The summed E-state index contributed by atoms with van der Waals surface area (Å²) in [6.45, 7) is 0.0997. The summed E-state index contributed by atoms with van der Waals surface area (Å²) >= 11 is 1.30. The standard InChI is InChI=1S/C15H20N4O5S/c1-16-11(20)7-18(2)13(22)8-24-14(23)6-10-9-25-15(17-10)19-5-3-4-12(19)21/h9H,3-8H2,1-2H3,(H,16,20). The Bertz CT molecular complexity index is 675. The molecule has 0 atom stereocenters. The van der Waals surface area contributed by atoms with Crippen LogP contribution in [0.4, 0.5) is 5.13 Å². The molecule has 3 amide bonds. The fourth-order valence-electron chi connectivity index (χ4n) is 2.19. The van der Waals surface area contributed by atoms with Crippen LogP contribution in [0.2, 0.25) is 0 Å². The van der Waals surface area contributed by atoms with Gasteiger partial charge in [0.2, 0.25) is 11.8 Å². The number of esters is 1. The van der Waals surface area contributed by atoms with Crippen LogP contribution in [0.25, 0.3) is 0 Å². The van der Waals surface area contributed by atoms with Crippen LogP contribution < -0.4 is 10.2 Å².